The van der Waals surface area contributed by atoms with Gasteiger partial charge in [0.15, 0.2) is 0 Å². The Balaban J connectivity index is 1.64. The summed E-state index contributed by atoms with van der Waals surface area (Å²) in [6.45, 7) is 0. The molecule has 5 rings (SSSR count). The van der Waals surface area contributed by atoms with E-state index in [2.05, 4.69) is 31.9 Å². The predicted molar refractivity (Wildman–Crippen MR) is 100 cm³/mol. The maximum Gasteiger partial charge on any atom is 0.238 e. The zero-order chi connectivity index (χ0) is 16.6. The van der Waals surface area contributed by atoms with E-state index in [1.807, 2.05) is 42.5 Å². The van der Waals surface area contributed by atoms with E-state index in [-0.39, 0.29) is 45.1 Å². The molecule has 3 fully saturated rings. The molecule has 3 nitrogen and oxygen atoms in total. The van der Waals surface area contributed by atoms with Crippen molar-refractivity contribution in [2.75, 3.05) is 4.90 Å². The molecule has 0 spiro atoms. The van der Waals surface area contributed by atoms with Crippen molar-refractivity contribution in [3.63, 3.8) is 0 Å². The molecule has 122 valence electrons. The van der Waals surface area contributed by atoms with Gasteiger partial charge in [-0.25, -0.2) is 4.90 Å². The molecular formula is C19H15Br2NO2. The van der Waals surface area contributed by atoms with Crippen LogP contribution in [0.4, 0.5) is 5.69 Å². The number of halogens is 2. The Morgan fingerprint density at radius 1 is 0.833 bits per heavy atom. The van der Waals surface area contributed by atoms with Crippen molar-refractivity contribution in [3.8, 4) is 0 Å². The van der Waals surface area contributed by atoms with Gasteiger partial charge in [-0.15, -0.1) is 0 Å². The van der Waals surface area contributed by atoms with Crippen LogP contribution in [0, 0.1) is 23.7 Å². The lowest BCUT2D eigenvalue weighted by atomic mass is 9.81. The summed E-state index contributed by atoms with van der Waals surface area (Å²) in [4.78, 5) is 28.3. The molecule has 0 N–H and O–H groups in total. The minimum Gasteiger partial charge on any atom is -0.274 e. The Morgan fingerprint density at radius 2 is 1.42 bits per heavy atom. The van der Waals surface area contributed by atoms with E-state index >= 15 is 0 Å². The average Bonchev–Trinajstić information content (AvgIpc) is 3.20. The Kier molecular flexibility index (Phi) is 3.24. The van der Waals surface area contributed by atoms with Crippen molar-refractivity contribution < 1.29 is 9.59 Å². The van der Waals surface area contributed by atoms with Crippen LogP contribution in [0.1, 0.15) is 6.42 Å². The third-order valence-corrected chi connectivity index (χ3v) is 9.20. The van der Waals surface area contributed by atoms with Gasteiger partial charge >= 0.3 is 0 Å². The number of alkyl halides is 2. The maximum atomic E-state index is 13.2. The van der Waals surface area contributed by atoms with Crippen LogP contribution in [0.3, 0.4) is 0 Å². The molecule has 0 radical (unpaired) electrons. The standard InChI is InChI=1S/C19H15Br2NO2/c20-16-11-8-12(17(16)21)15-14(11)18(23)22(19(15)24)13-7-3-5-9-4-1-2-6-10(9)13/h1-7,11-12,14-17H,8H2/t11-,12-,14-,15-,16-,17+/m1/s1. The number of carbonyl (C=O) groups excluding carboxylic acids is 2. The van der Waals surface area contributed by atoms with Gasteiger partial charge in [0.05, 0.1) is 17.5 Å². The van der Waals surface area contributed by atoms with Crippen LogP contribution in [-0.2, 0) is 9.59 Å². The first kappa shape index (κ1) is 15.1. The Morgan fingerprint density at radius 3 is 2.08 bits per heavy atom. The zero-order valence-electron chi connectivity index (χ0n) is 12.7. The van der Waals surface area contributed by atoms with E-state index in [9.17, 15) is 9.59 Å². The summed E-state index contributed by atoms with van der Waals surface area (Å²) in [6.07, 6.45) is 0.960. The van der Waals surface area contributed by atoms with E-state index in [4.69, 9.17) is 0 Å². The van der Waals surface area contributed by atoms with Gasteiger partial charge in [0.1, 0.15) is 0 Å². The molecule has 24 heavy (non-hydrogen) atoms. The smallest absolute Gasteiger partial charge is 0.238 e. The van der Waals surface area contributed by atoms with Crippen molar-refractivity contribution in [2.45, 2.75) is 16.1 Å². The number of amides is 2. The fourth-order valence-corrected chi connectivity index (χ4v) is 6.86. The molecule has 2 saturated carbocycles. The monoisotopic (exact) mass is 447 g/mol. The van der Waals surface area contributed by atoms with Crippen LogP contribution in [0.25, 0.3) is 10.8 Å². The highest BCUT2D eigenvalue weighted by Crippen LogP contribution is 2.60. The quantitative estimate of drug-likeness (QED) is 0.486. The number of hydrogen-bond donors (Lipinski definition) is 0. The van der Waals surface area contributed by atoms with Crippen molar-refractivity contribution in [3.05, 3.63) is 42.5 Å². The molecule has 6 atom stereocenters. The van der Waals surface area contributed by atoms with Crippen LogP contribution in [0.5, 0.6) is 0 Å². The molecule has 2 aromatic carbocycles. The number of fused-ring (bicyclic) bond motifs is 6. The first-order valence-corrected chi connectivity index (χ1v) is 10.1. The van der Waals surface area contributed by atoms with E-state index in [0.717, 1.165) is 22.9 Å². The van der Waals surface area contributed by atoms with Gasteiger partial charge in [0.2, 0.25) is 11.8 Å². The first-order valence-electron chi connectivity index (χ1n) is 8.23. The first-order chi connectivity index (χ1) is 11.6. The number of hydrogen-bond acceptors (Lipinski definition) is 2. The molecule has 1 heterocycles. The van der Waals surface area contributed by atoms with Gasteiger partial charge in [-0.2, -0.15) is 0 Å². The van der Waals surface area contributed by atoms with Crippen LogP contribution in [-0.4, -0.2) is 21.5 Å². The Hall–Kier alpha value is -1.20. The third kappa shape index (κ3) is 1.77. The molecule has 3 aliphatic rings. The summed E-state index contributed by atoms with van der Waals surface area (Å²) in [5, 5.41) is 2.01. The van der Waals surface area contributed by atoms with Gasteiger partial charge in [-0.05, 0) is 29.7 Å². The minimum absolute atomic E-state index is 0.0160. The zero-order valence-corrected chi connectivity index (χ0v) is 15.9. The molecule has 2 bridgehead atoms. The second-order valence-electron chi connectivity index (χ2n) is 7.01. The highest BCUT2D eigenvalue weighted by Gasteiger charge is 2.66. The summed E-state index contributed by atoms with van der Waals surface area (Å²) in [5.41, 5.74) is 0.731. The van der Waals surface area contributed by atoms with Gasteiger partial charge < -0.3 is 0 Å². The number of carbonyl (C=O) groups is 2. The maximum absolute atomic E-state index is 13.2. The van der Waals surface area contributed by atoms with E-state index in [1.165, 1.54) is 4.90 Å². The lowest BCUT2D eigenvalue weighted by molar-refractivity contribution is -0.123. The fraction of sp³-hybridized carbons (Fsp3) is 0.368. The molecule has 0 aromatic heterocycles. The highest BCUT2D eigenvalue weighted by atomic mass is 79.9. The lowest BCUT2D eigenvalue weighted by Crippen LogP contribution is -2.37. The molecule has 5 heteroatoms. The van der Waals surface area contributed by atoms with Gasteiger partial charge in [0.25, 0.3) is 0 Å². The molecule has 1 aliphatic heterocycles. The van der Waals surface area contributed by atoms with Gasteiger partial charge in [0, 0.05) is 15.0 Å². The summed E-state index contributed by atoms with van der Waals surface area (Å²) < 4.78 is 0. The fourth-order valence-electron chi connectivity index (χ4n) is 4.99. The SMILES string of the molecule is O=C1[C@@H]2[C@H]3C[C@@H]([C@@H](Br)[C@H]3Br)[C@H]2C(=O)N1c1cccc2ccccc12. The third-order valence-electron chi connectivity index (χ3n) is 5.99. The van der Waals surface area contributed by atoms with Crippen molar-refractivity contribution in [1.29, 1.82) is 0 Å². The van der Waals surface area contributed by atoms with Crippen LogP contribution in [0.15, 0.2) is 42.5 Å². The van der Waals surface area contributed by atoms with Crippen molar-refractivity contribution >= 4 is 60.1 Å². The van der Waals surface area contributed by atoms with Gasteiger partial charge in [-0.3, -0.25) is 9.59 Å². The average molecular weight is 449 g/mol. The highest BCUT2D eigenvalue weighted by molar-refractivity contribution is 9.12. The van der Waals surface area contributed by atoms with E-state index in [1.54, 1.807) is 0 Å². The molecule has 2 amide bonds. The summed E-state index contributed by atoms with van der Waals surface area (Å²) in [5.74, 6) is 0.135. The largest absolute Gasteiger partial charge is 0.274 e. The summed E-state index contributed by atoms with van der Waals surface area (Å²) in [7, 11) is 0. The predicted octanol–water partition coefficient (Wildman–Crippen LogP) is 4.12. The topological polar surface area (TPSA) is 37.4 Å². The molecule has 0 unspecified atom stereocenters. The minimum atomic E-state index is -0.167. The summed E-state index contributed by atoms with van der Waals surface area (Å²) in [6, 6.07) is 13.7. The molecule has 1 saturated heterocycles. The number of rotatable bonds is 1. The van der Waals surface area contributed by atoms with Crippen molar-refractivity contribution in [2.24, 2.45) is 23.7 Å². The molecule has 2 aromatic rings. The number of benzene rings is 2. The number of anilines is 1. The summed E-state index contributed by atoms with van der Waals surface area (Å²) >= 11 is 7.46. The van der Waals surface area contributed by atoms with E-state index < -0.39 is 0 Å². The Labute approximate surface area is 156 Å². The number of nitrogens with zero attached hydrogens (tertiary/aromatic N) is 1. The van der Waals surface area contributed by atoms with Crippen LogP contribution in [0.2, 0.25) is 0 Å². The van der Waals surface area contributed by atoms with Crippen LogP contribution < -0.4 is 4.90 Å². The second-order valence-corrected chi connectivity index (χ2v) is 9.13. The normalized spacial score (nSPS) is 37.5. The lowest BCUT2D eigenvalue weighted by Gasteiger charge is -2.28. The van der Waals surface area contributed by atoms with Gasteiger partial charge in [-0.1, -0.05) is 68.3 Å². The number of imide groups is 1. The molecular weight excluding hydrogens is 434 g/mol. The van der Waals surface area contributed by atoms with E-state index in [0.29, 0.717) is 0 Å². The molecule has 2 aliphatic carbocycles. The Bertz CT molecular complexity index is 845. The van der Waals surface area contributed by atoms with Crippen LogP contribution >= 0.6 is 31.9 Å². The second kappa shape index (κ2) is 5.15. The van der Waals surface area contributed by atoms with Crippen molar-refractivity contribution in [1.82, 2.24) is 0 Å².